The van der Waals surface area contributed by atoms with Crippen molar-refractivity contribution in [1.82, 2.24) is 0 Å². The van der Waals surface area contributed by atoms with Crippen LogP contribution in [0.25, 0.3) is 16.8 Å². The molecule has 1 N–H and O–H groups in total. The summed E-state index contributed by atoms with van der Waals surface area (Å²) in [5.41, 5.74) is 1.44. The van der Waals surface area contributed by atoms with Gasteiger partial charge in [-0.2, -0.15) is 5.26 Å². The zero-order chi connectivity index (χ0) is 23.1. The van der Waals surface area contributed by atoms with Gasteiger partial charge >= 0.3 is 5.97 Å². The number of benzene rings is 3. The summed E-state index contributed by atoms with van der Waals surface area (Å²) in [6.07, 6.45) is 1.48. The standard InChI is InChI=1S/C26H24N2O4/c1-4-31-26(30)19-9-12-21(13-10-19)28-25(29)20(16-27)15-23-22-8-6-5-7-18(22)11-14-24(23)32-17(2)3/h5-15,17H,4H2,1-3H3,(H,28,29)/b20-15+. The largest absolute Gasteiger partial charge is 0.490 e. The number of fused-ring (bicyclic) bond motifs is 1. The monoisotopic (exact) mass is 428 g/mol. The molecular formula is C26H24N2O4. The van der Waals surface area contributed by atoms with Gasteiger partial charge in [-0.15, -0.1) is 0 Å². The first-order chi connectivity index (χ1) is 15.4. The molecule has 162 valence electrons. The van der Waals surface area contributed by atoms with Crippen LogP contribution < -0.4 is 10.1 Å². The Morgan fingerprint density at radius 3 is 2.44 bits per heavy atom. The second-order valence-electron chi connectivity index (χ2n) is 7.29. The lowest BCUT2D eigenvalue weighted by Gasteiger charge is -2.15. The molecule has 6 nitrogen and oxygen atoms in total. The van der Waals surface area contributed by atoms with Gasteiger partial charge in [0.05, 0.1) is 18.3 Å². The Morgan fingerprint density at radius 1 is 1.06 bits per heavy atom. The summed E-state index contributed by atoms with van der Waals surface area (Å²) >= 11 is 0. The van der Waals surface area contributed by atoms with Gasteiger partial charge in [0.2, 0.25) is 0 Å². The highest BCUT2D eigenvalue weighted by Crippen LogP contribution is 2.31. The fourth-order valence-electron chi connectivity index (χ4n) is 3.18. The third-order valence-corrected chi connectivity index (χ3v) is 4.60. The molecule has 3 rings (SSSR count). The molecule has 0 aliphatic carbocycles. The molecule has 0 aliphatic rings. The molecular weight excluding hydrogens is 404 g/mol. The van der Waals surface area contributed by atoms with Crippen LogP contribution in [0.3, 0.4) is 0 Å². The van der Waals surface area contributed by atoms with Crippen LogP contribution in [-0.2, 0) is 9.53 Å². The number of carbonyl (C=O) groups excluding carboxylic acids is 2. The minimum absolute atomic E-state index is 0.0653. The Morgan fingerprint density at radius 2 is 1.78 bits per heavy atom. The van der Waals surface area contributed by atoms with Gasteiger partial charge in [-0.3, -0.25) is 4.79 Å². The van der Waals surface area contributed by atoms with Crippen molar-refractivity contribution < 1.29 is 19.1 Å². The van der Waals surface area contributed by atoms with E-state index in [1.165, 1.54) is 0 Å². The highest BCUT2D eigenvalue weighted by atomic mass is 16.5. The summed E-state index contributed by atoms with van der Waals surface area (Å²) in [5, 5.41) is 14.2. The molecule has 3 aromatic rings. The maximum Gasteiger partial charge on any atom is 0.338 e. The van der Waals surface area contributed by atoms with Gasteiger partial charge in [-0.1, -0.05) is 30.3 Å². The third-order valence-electron chi connectivity index (χ3n) is 4.60. The minimum atomic E-state index is -0.556. The van der Waals surface area contributed by atoms with Gasteiger partial charge in [0, 0.05) is 11.3 Å². The lowest BCUT2D eigenvalue weighted by atomic mass is 10.0. The van der Waals surface area contributed by atoms with E-state index >= 15 is 0 Å². The molecule has 32 heavy (non-hydrogen) atoms. The van der Waals surface area contributed by atoms with Crippen molar-refractivity contribution in [3.63, 3.8) is 0 Å². The molecule has 0 aliphatic heterocycles. The van der Waals surface area contributed by atoms with Gasteiger partial charge in [0.1, 0.15) is 17.4 Å². The van der Waals surface area contributed by atoms with Crippen LogP contribution >= 0.6 is 0 Å². The number of rotatable bonds is 7. The van der Waals surface area contributed by atoms with Crippen molar-refractivity contribution in [2.75, 3.05) is 11.9 Å². The van der Waals surface area contributed by atoms with Crippen LogP contribution in [0.1, 0.15) is 36.7 Å². The first-order valence-electron chi connectivity index (χ1n) is 10.3. The SMILES string of the molecule is CCOC(=O)c1ccc(NC(=O)/C(C#N)=C/c2c(OC(C)C)ccc3ccccc23)cc1. The predicted molar refractivity (Wildman–Crippen MR) is 124 cm³/mol. The summed E-state index contributed by atoms with van der Waals surface area (Å²) in [5.74, 6) is -0.394. The van der Waals surface area contributed by atoms with Crippen molar-refractivity contribution in [2.45, 2.75) is 26.9 Å². The van der Waals surface area contributed by atoms with Crippen LogP contribution in [0, 0.1) is 11.3 Å². The van der Waals surface area contributed by atoms with E-state index in [9.17, 15) is 14.9 Å². The Bertz CT molecular complexity index is 1200. The van der Waals surface area contributed by atoms with Gasteiger partial charge < -0.3 is 14.8 Å². The topological polar surface area (TPSA) is 88.4 Å². The van der Waals surface area contributed by atoms with Crippen molar-refractivity contribution in [3.8, 4) is 11.8 Å². The van der Waals surface area contributed by atoms with E-state index in [1.54, 1.807) is 37.3 Å². The molecule has 0 fully saturated rings. The number of nitrogens with one attached hydrogen (secondary N) is 1. The number of ether oxygens (including phenoxy) is 2. The summed E-state index contributed by atoms with van der Waals surface area (Å²) in [6.45, 7) is 5.85. The van der Waals surface area contributed by atoms with E-state index < -0.39 is 11.9 Å². The van der Waals surface area contributed by atoms with Crippen LogP contribution in [0.2, 0.25) is 0 Å². The van der Waals surface area contributed by atoms with Gasteiger partial charge in [0.15, 0.2) is 0 Å². The quantitative estimate of drug-likeness (QED) is 0.311. The third kappa shape index (κ3) is 5.32. The Balaban J connectivity index is 1.92. The molecule has 0 saturated heterocycles. The van der Waals surface area contributed by atoms with Crippen molar-refractivity contribution >= 4 is 34.4 Å². The van der Waals surface area contributed by atoms with Crippen LogP contribution in [0.15, 0.2) is 66.2 Å². The number of anilines is 1. The van der Waals surface area contributed by atoms with E-state index in [-0.39, 0.29) is 18.3 Å². The van der Waals surface area contributed by atoms with Crippen molar-refractivity contribution in [3.05, 3.63) is 77.4 Å². The number of hydrogen-bond acceptors (Lipinski definition) is 5. The highest BCUT2D eigenvalue weighted by molar-refractivity contribution is 6.11. The second kappa shape index (κ2) is 10.3. The van der Waals surface area contributed by atoms with Crippen molar-refractivity contribution in [2.24, 2.45) is 0 Å². The lowest BCUT2D eigenvalue weighted by molar-refractivity contribution is -0.112. The van der Waals surface area contributed by atoms with Gasteiger partial charge in [-0.05, 0) is 68.0 Å². The Labute approximate surface area is 187 Å². The summed E-state index contributed by atoms with van der Waals surface area (Å²) in [6, 6.07) is 19.8. The van der Waals surface area contributed by atoms with Crippen LogP contribution in [-0.4, -0.2) is 24.6 Å². The molecule has 0 bridgehead atoms. The van der Waals surface area contributed by atoms with Gasteiger partial charge in [-0.25, -0.2) is 4.79 Å². The number of esters is 1. The minimum Gasteiger partial charge on any atom is -0.490 e. The maximum absolute atomic E-state index is 12.8. The highest BCUT2D eigenvalue weighted by Gasteiger charge is 2.15. The van der Waals surface area contributed by atoms with Crippen LogP contribution in [0.4, 0.5) is 5.69 Å². The lowest BCUT2D eigenvalue weighted by Crippen LogP contribution is -2.14. The zero-order valence-electron chi connectivity index (χ0n) is 18.2. The van der Waals surface area contributed by atoms with E-state index in [0.717, 1.165) is 10.8 Å². The number of nitriles is 1. The Kier molecular flexibility index (Phi) is 7.25. The van der Waals surface area contributed by atoms with Crippen LogP contribution in [0.5, 0.6) is 5.75 Å². The number of nitrogens with zero attached hydrogens (tertiary/aromatic N) is 1. The summed E-state index contributed by atoms with van der Waals surface area (Å²) in [4.78, 5) is 24.6. The van der Waals surface area contributed by atoms with E-state index in [1.807, 2.05) is 56.3 Å². The molecule has 0 atom stereocenters. The normalized spacial score (nSPS) is 11.2. The fourth-order valence-corrected chi connectivity index (χ4v) is 3.18. The first-order valence-corrected chi connectivity index (χ1v) is 10.3. The summed E-state index contributed by atoms with van der Waals surface area (Å²) < 4.78 is 10.9. The smallest absolute Gasteiger partial charge is 0.338 e. The van der Waals surface area contributed by atoms with E-state index in [0.29, 0.717) is 22.6 Å². The molecule has 0 spiro atoms. The maximum atomic E-state index is 12.8. The molecule has 0 unspecified atom stereocenters. The predicted octanol–water partition coefficient (Wildman–Crippen LogP) is 5.35. The number of carbonyl (C=O) groups is 2. The average Bonchev–Trinajstić information content (AvgIpc) is 2.78. The average molecular weight is 428 g/mol. The van der Waals surface area contributed by atoms with E-state index in [2.05, 4.69) is 5.32 Å². The fraction of sp³-hybridized carbons (Fsp3) is 0.192. The number of amides is 1. The molecule has 6 heteroatoms. The summed E-state index contributed by atoms with van der Waals surface area (Å²) in [7, 11) is 0. The first kappa shape index (κ1) is 22.6. The van der Waals surface area contributed by atoms with Crippen molar-refractivity contribution in [1.29, 1.82) is 5.26 Å². The second-order valence-corrected chi connectivity index (χ2v) is 7.29. The van der Waals surface area contributed by atoms with E-state index in [4.69, 9.17) is 9.47 Å². The Hall–Kier alpha value is -4.11. The molecule has 0 saturated carbocycles. The molecule has 0 aromatic heterocycles. The number of hydrogen-bond donors (Lipinski definition) is 1. The zero-order valence-corrected chi connectivity index (χ0v) is 18.2. The molecule has 1 amide bonds. The molecule has 3 aromatic carbocycles. The molecule has 0 radical (unpaired) electrons. The van der Waals surface area contributed by atoms with Gasteiger partial charge in [0.25, 0.3) is 5.91 Å². The molecule has 0 heterocycles.